The van der Waals surface area contributed by atoms with E-state index in [2.05, 4.69) is 19.2 Å². The van der Waals surface area contributed by atoms with Gasteiger partial charge in [-0.15, -0.1) is 0 Å². The van der Waals surface area contributed by atoms with Gasteiger partial charge in [0.2, 0.25) is 0 Å². The van der Waals surface area contributed by atoms with Crippen molar-refractivity contribution in [3.63, 3.8) is 0 Å². The van der Waals surface area contributed by atoms with Gasteiger partial charge in [-0.25, -0.2) is 0 Å². The summed E-state index contributed by atoms with van der Waals surface area (Å²) in [4.78, 5) is 11.9. The third-order valence-corrected chi connectivity index (χ3v) is 3.61. The van der Waals surface area contributed by atoms with Crippen LogP contribution in [0.1, 0.15) is 25.8 Å². The highest BCUT2D eigenvalue weighted by Crippen LogP contribution is 2.30. The monoisotopic (exact) mass is 381 g/mol. The van der Waals surface area contributed by atoms with Gasteiger partial charge in [-0.3, -0.25) is 4.79 Å². The first-order valence-electron chi connectivity index (χ1n) is 8.57. The van der Waals surface area contributed by atoms with E-state index in [1.54, 1.807) is 24.3 Å². The lowest BCUT2D eigenvalue weighted by atomic mass is 10.1. The fraction of sp³-hybridized carbons (Fsp3) is 0.350. The number of alkyl halides is 3. The van der Waals surface area contributed by atoms with E-state index in [1.165, 1.54) is 12.1 Å². The van der Waals surface area contributed by atoms with Crippen molar-refractivity contribution in [2.45, 2.75) is 26.4 Å². The molecule has 0 aliphatic carbocycles. The Labute approximate surface area is 156 Å². The molecule has 0 aliphatic rings. The highest BCUT2D eigenvalue weighted by molar-refractivity contribution is 5.91. The Kier molecular flexibility index (Phi) is 7.10. The van der Waals surface area contributed by atoms with Crippen LogP contribution in [0.15, 0.2) is 48.5 Å². The predicted octanol–water partition coefficient (Wildman–Crippen LogP) is 5.15. The van der Waals surface area contributed by atoms with Crippen molar-refractivity contribution in [1.29, 1.82) is 0 Å². The second-order valence-corrected chi connectivity index (χ2v) is 6.42. The van der Waals surface area contributed by atoms with Crippen LogP contribution in [0.5, 0.6) is 11.5 Å². The molecule has 0 heterocycles. The number of halogens is 3. The van der Waals surface area contributed by atoms with Crippen LogP contribution in [0.3, 0.4) is 0 Å². The second kappa shape index (κ2) is 9.30. The minimum atomic E-state index is -4.47. The van der Waals surface area contributed by atoms with Gasteiger partial charge in [-0.1, -0.05) is 26.0 Å². The van der Waals surface area contributed by atoms with E-state index in [0.29, 0.717) is 24.0 Å². The zero-order chi connectivity index (χ0) is 19.9. The third kappa shape index (κ3) is 7.21. The van der Waals surface area contributed by atoms with Crippen LogP contribution in [0.25, 0.3) is 0 Å². The highest BCUT2D eigenvalue weighted by atomic mass is 19.4. The van der Waals surface area contributed by atoms with Crippen LogP contribution in [0, 0.1) is 5.92 Å². The van der Waals surface area contributed by atoms with E-state index in [9.17, 15) is 18.0 Å². The number of hydrogen-bond donors (Lipinski definition) is 1. The van der Waals surface area contributed by atoms with Gasteiger partial charge in [0.1, 0.15) is 11.5 Å². The molecule has 0 saturated heterocycles. The van der Waals surface area contributed by atoms with Crippen molar-refractivity contribution in [2.24, 2.45) is 5.92 Å². The van der Waals surface area contributed by atoms with Gasteiger partial charge in [0.15, 0.2) is 6.61 Å². The maximum Gasteiger partial charge on any atom is 0.416 e. The number of rotatable bonds is 8. The molecule has 1 N–H and O–H groups in total. The van der Waals surface area contributed by atoms with Crippen molar-refractivity contribution in [3.05, 3.63) is 54.1 Å². The molecule has 0 aliphatic heterocycles. The van der Waals surface area contributed by atoms with Gasteiger partial charge >= 0.3 is 6.18 Å². The molecule has 27 heavy (non-hydrogen) atoms. The maximum absolute atomic E-state index is 12.7. The van der Waals surface area contributed by atoms with Crippen molar-refractivity contribution >= 4 is 11.6 Å². The molecule has 0 saturated carbocycles. The standard InChI is InChI=1S/C20H22F3NO3/c1-14(2)9-10-26-17-7-4-8-18(12-17)27-13-19(25)24-16-6-3-5-15(11-16)20(21,22)23/h3-8,11-12,14H,9-10,13H2,1-2H3,(H,24,25). The summed E-state index contributed by atoms with van der Waals surface area (Å²) in [7, 11) is 0. The first-order chi connectivity index (χ1) is 12.7. The third-order valence-electron chi connectivity index (χ3n) is 3.61. The second-order valence-electron chi connectivity index (χ2n) is 6.42. The number of carbonyl (C=O) groups is 1. The Bertz CT molecular complexity index is 760. The van der Waals surface area contributed by atoms with Crippen molar-refractivity contribution in [3.8, 4) is 11.5 Å². The molecule has 0 atom stereocenters. The fourth-order valence-corrected chi connectivity index (χ4v) is 2.19. The first-order valence-corrected chi connectivity index (χ1v) is 8.57. The highest BCUT2D eigenvalue weighted by Gasteiger charge is 2.30. The van der Waals surface area contributed by atoms with E-state index >= 15 is 0 Å². The molecule has 0 aromatic heterocycles. The van der Waals surface area contributed by atoms with Crippen molar-refractivity contribution < 1.29 is 27.4 Å². The van der Waals surface area contributed by atoms with Crippen LogP contribution in [0.4, 0.5) is 18.9 Å². The largest absolute Gasteiger partial charge is 0.493 e. The molecule has 2 aromatic carbocycles. The quantitative estimate of drug-likeness (QED) is 0.688. The number of amides is 1. The Morgan fingerprint density at radius 2 is 1.70 bits per heavy atom. The van der Waals surface area contributed by atoms with E-state index in [1.807, 2.05) is 0 Å². The topological polar surface area (TPSA) is 47.6 Å². The molecule has 0 spiro atoms. The number of hydrogen-bond acceptors (Lipinski definition) is 3. The maximum atomic E-state index is 12.7. The van der Waals surface area contributed by atoms with Gasteiger partial charge in [-0.2, -0.15) is 13.2 Å². The summed E-state index contributed by atoms with van der Waals surface area (Å²) in [5.41, 5.74) is -0.767. The van der Waals surface area contributed by atoms with Gasteiger partial charge in [0.05, 0.1) is 12.2 Å². The van der Waals surface area contributed by atoms with Gasteiger partial charge in [-0.05, 0) is 42.7 Å². The molecule has 0 unspecified atom stereocenters. The SMILES string of the molecule is CC(C)CCOc1cccc(OCC(=O)Nc2cccc(C(F)(F)F)c2)c1. The molecule has 0 fully saturated rings. The molecule has 146 valence electrons. The zero-order valence-electron chi connectivity index (χ0n) is 15.2. The minimum Gasteiger partial charge on any atom is -0.493 e. The number of nitrogens with one attached hydrogen (secondary N) is 1. The normalized spacial score (nSPS) is 11.3. The Balaban J connectivity index is 1.87. The molecular weight excluding hydrogens is 359 g/mol. The van der Waals surface area contributed by atoms with Crippen LogP contribution < -0.4 is 14.8 Å². The average molecular weight is 381 g/mol. The Morgan fingerprint density at radius 3 is 2.37 bits per heavy atom. The summed E-state index contributed by atoms with van der Waals surface area (Å²) in [6.07, 6.45) is -3.54. The molecule has 7 heteroatoms. The summed E-state index contributed by atoms with van der Waals surface area (Å²) in [5.74, 6) is 1.05. The van der Waals surface area contributed by atoms with Gasteiger partial charge < -0.3 is 14.8 Å². The predicted molar refractivity (Wildman–Crippen MR) is 97.0 cm³/mol. The number of carbonyl (C=O) groups excluding carboxylic acids is 1. The molecule has 2 aromatic rings. The number of anilines is 1. The Morgan fingerprint density at radius 1 is 1.04 bits per heavy atom. The van der Waals surface area contributed by atoms with Crippen LogP contribution in [-0.2, 0) is 11.0 Å². The summed E-state index contributed by atoms with van der Waals surface area (Å²) < 4.78 is 49.1. The van der Waals surface area contributed by atoms with Gasteiger partial charge in [0, 0.05) is 11.8 Å². The first kappa shape index (κ1) is 20.6. The molecule has 4 nitrogen and oxygen atoms in total. The molecular formula is C20H22F3NO3. The lowest BCUT2D eigenvalue weighted by molar-refractivity contribution is -0.137. The smallest absolute Gasteiger partial charge is 0.416 e. The number of benzene rings is 2. The zero-order valence-corrected chi connectivity index (χ0v) is 15.2. The lowest BCUT2D eigenvalue weighted by Crippen LogP contribution is -2.20. The van der Waals surface area contributed by atoms with Crippen LogP contribution in [-0.4, -0.2) is 19.1 Å². The van der Waals surface area contributed by atoms with Crippen molar-refractivity contribution in [2.75, 3.05) is 18.5 Å². The molecule has 0 radical (unpaired) electrons. The summed E-state index contributed by atoms with van der Waals surface area (Å²) >= 11 is 0. The van der Waals surface area contributed by atoms with Crippen LogP contribution >= 0.6 is 0 Å². The van der Waals surface area contributed by atoms with Gasteiger partial charge in [0.25, 0.3) is 5.91 Å². The number of ether oxygens (including phenoxy) is 2. The minimum absolute atomic E-state index is 0.0594. The molecule has 1 amide bonds. The van der Waals surface area contributed by atoms with E-state index in [4.69, 9.17) is 9.47 Å². The van der Waals surface area contributed by atoms with Crippen molar-refractivity contribution in [1.82, 2.24) is 0 Å². The van der Waals surface area contributed by atoms with E-state index < -0.39 is 17.6 Å². The molecule has 0 bridgehead atoms. The van der Waals surface area contributed by atoms with E-state index in [-0.39, 0.29) is 12.3 Å². The summed E-state index contributed by atoms with van der Waals surface area (Å²) in [5, 5.41) is 2.39. The summed E-state index contributed by atoms with van der Waals surface area (Å²) in [6, 6.07) is 11.3. The Hall–Kier alpha value is -2.70. The van der Waals surface area contributed by atoms with E-state index in [0.717, 1.165) is 18.6 Å². The lowest BCUT2D eigenvalue weighted by Gasteiger charge is -2.12. The summed E-state index contributed by atoms with van der Waals surface area (Å²) in [6.45, 7) is 4.46. The fourth-order valence-electron chi connectivity index (χ4n) is 2.19. The average Bonchev–Trinajstić information content (AvgIpc) is 2.59. The van der Waals surface area contributed by atoms with Crippen LogP contribution in [0.2, 0.25) is 0 Å². The molecule has 2 rings (SSSR count).